The SMILES string of the molecule is CCc1cncc(-n2ncc3ccc(-c4cccc([C@@H](N[S@+]([O-])C(C)(C)C)C5CC(O)C5)n4)cc32)n1. The average Bonchev–Trinajstić information content (AvgIpc) is 3.28. The van der Waals surface area contributed by atoms with Gasteiger partial charge in [-0.15, -0.1) is 4.72 Å². The van der Waals surface area contributed by atoms with Gasteiger partial charge in [0.25, 0.3) is 0 Å². The first-order chi connectivity index (χ1) is 17.2. The van der Waals surface area contributed by atoms with Crippen molar-refractivity contribution in [3.63, 3.8) is 0 Å². The normalized spacial score (nSPS) is 19.7. The molecule has 0 unspecified atom stereocenters. The zero-order valence-corrected chi connectivity index (χ0v) is 21.9. The average molecular weight is 505 g/mol. The van der Waals surface area contributed by atoms with E-state index in [9.17, 15) is 9.66 Å². The number of nitrogens with one attached hydrogen (secondary N) is 1. The van der Waals surface area contributed by atoms with Crippen LogP contribution in [0.3, 0.4) is 0 Å². The molecule has 1 aromatic carbocycles. The Hall–Kier alpha value is -2.85. The van der Waals surface area contributed by atoms with Crippen molar-refractivity contribution in [3.8, 4) is 17.1 Å². The van der Waals surface area contributed by atoms with Gasteiger partial charge in [-0.3, -0.25) is 9.97 Å². The molecule has 0 spiro atoms. The minimum atomic E-state index is -1.26. The van der Waals surface area contributed by atoms with E-state index in [0.717, 1.165) is 40.0 Å². The van der Waals surface area contributed by atoms with E-state index in [1.165, 1.54) is 0 Å². The smallest absolute Gasteiger partial charge is 0.172 e. The molecule has 36 heavy (non-hydrogen) atoms. The van der Waals surface area contributed by atoms with Crippen LogP contribution < -0.4 is 4.72 Å². The summed E-state index contributed by atoms with van der Waals surface area (Å²) in [5.74, 6) is 0.864. The molecule has 3 aromatic heterocycles. The van der Waals surface area contributed by atoms with Crippen molar-refractivity contribution >= 4 is 22.3 Å². The maximum Gasteiger partial charge on any atom is 0.172 e. The van der Waals surface area contributed by atoms with Crippen LogP contribution >= 0.6 is 0 Å². The first-order valence-corrected chi connectivity index (χ1v) is 13.5. The highest BCUT2D eigenvalue weighted by Gasteiger charge is 2.40. The predicted molar refractivity (Wildman–Crippen MR) is 142 cm³/mol. The van der Waals surface area contributed by atoms with E-state index >= 15 is 0 Å². The summed E-state index contributed by atoms with van der Waals surface area (Å²) in [7, 11) is 0. The number of hydrogen-bond acceptors (Lipinski definition) is 7. The van der Waals surface area contributed by atoms with E-state index in [2.05, 4.69) is 32.8 Å². The highest BCUT2D eigenvalue weighted by Crippen LogP contribution is 2.39. The largest absolute Gasteiger partial charge is 0.598 e. The van der Waals surface area contributed by atoms with Gasteiger partial charge in [0, 0.05) is 28.5 Å². The summed E-state index contributed by atoms with van der Waals surface area (Å²) >= 11 is -1.26. The first kappa shape index (κ1) is 24.8. The van der Waals surface area contributed by atoms with Crippen molar-refractivity contribution in [3.05, 3.63) is 66.4 Å². The molecule has 0 amide bonds. The number of pyridine rings is 1. The van der Waals surface area contributed by atoms with Gasteiger partial charge in [-0.1, -0.05) is 25.1 Å². The lowest BCUT2D eigenvalue weighted by Crippen LogP contribution is -2.46. The fourth-order valence-corrected chi connectivity index (χ4v) is 5.30. The number of aromatic nitrogens is 5. The van der Waals surface area contributed by atoms with E-state index in [1.807, 2.05) is 57.3 Å². The molecular formula is C27H32N6O2S. The predicted octanol–water partition coefficient (Wildman–Crippen LogP) is 4.30. The van der Waals surface area contributed by atoms with Crippen molar-refractivity contribution in [2.75, 3.05) is 0 Å². The molecule has 3 heterocycles. The van der Waals surface area contributed by atoms with Gasteiger partial charge >= 0.3 is 0 Å². The Morgan fingerprint density at radius 2 is 1.94 bits per heavy atom. The molecule has 8 nitrogen and oxygen atoms in total. The third kappa shape index (κ3) is 5.01. The van der Waals surface area contributed by atoms with Gasteiger partial charge in [0.05, 0.1) is 47.1 Å². The van der Waals surface area contributed by atoms with Crippen molar-refractivity contribution in [1.29, 1.82) is 0 Å². The Balaban J connectivity index is 1.50. The number of nitrogens with zero attached hydrogens (tertiary/aromatic N) is 5. The van der Waals surface area contributed by atoms with Gasteiger partial charge < -0.3 is 9.66 Å². The summed E-state index contributed by atoms with van der Waals surface area (Å²) < 4.78 is 17.7. The molecule has 4 aromatic rings. The summed E-state index contributed by atoms with van der Waals surface area (Å²) in [4.78, 5) is 14.0. The summed E-state index contributed by atoms with van der Waals surface area (Å²) in [5.41, 5.74) is 4.44. The summed E-state index contributed by atoms with van der Waals surface area (Å²) in [6.07, 6.45) is 7.16. The Bertz CT molecular complexity index is 1360. The minimum Gasteiger partial charge on any atom is -0.598 e. The highest BCUT2D eigenvalue weighted by molar-refractivity contribution is 7.90. The summed E-state index contributed by atoms with van der Waals surface area (Å²) in [6, 6.07) is 11.9. The van der Waals surface area contributed by atoms with Gasteiger partial charge in [-0.25, -0.2) is 9.67 Å². The molecular weight excluding hydrogens is 472 g/mol. The van der Waals surface area contributed by atoms with Crippen LogP contribution in [0.2, 0.25) is 0 Å². The monoisotopic (exact) mass is 504 g/mol. The molecule has 1 saturated carbocycles. The third-order valence-corrected chi connectivity index (χ3v) is 8.20. The molecule has 188 valence electrons. The van der Waals surface area contributed by atoms with Crippen LogP contribution in [0.1, 0.15) is 58.0 Å². The molecule has 0 radical (unpaired) electrons. The summed E-state index contributed by atoms with van der Waals surface area (Å²) in [5, 5.41) is 15.5. The van der Waals surface area contributed by atoms with Crippen LogP contribution in [-0.4, -0.2) is 45.2 Å². The number of rotatable bonds is 7. The van der Waals surface area contributed by atoms with E-state index < -0.39 is 16.1 Å². The van der Waals surface area contributed by atoms with Gasteiger partial charge in [0.2, 0.25) is 0 Å². The number of aliphatic hydroxyl groups excluding tert-OH is 1. The Morgan fingerprint density at radius 1 is 1.14 bits per heavy atom. The zero-order valence-electron chi connectivity index (χ0n) is 21.0. The second-order valence-corrected chi connectivity index (χ2v) is 12.4. The van der Waals surface area contributed by atoms with Crippen molar-refractivity contribution in [2.24, 2.45) is 5.92 Å². The van der Waals surface area contributed by atoms with E-state index in [1.54, 1.807) is 17.1 Å². The first-order valence-electron chi connectivity index (χ1n) is 12.4. The number of aliphatic hydroxyl groups is 1. The van der Waals surface area contributed by atoms with E-state index in [0.29, 0.717) is 18.7 Å². The lowest BCUT2D eigenvalue weighted by molar-refractivity contribution is 0.0273. The van der Waals surface area contributed by atoms with E-state index in [4.69, 9.17) is 4.98 Å². The van der Waals surface area contributed by atoms with Crippen molar-refractivity contribution < 1.29 is 9.66 Å². The van der Waals surface area contributed by atoms with Gasteiger partial charge in [-0.05, 0) is 64.2 Å². The molecule has 9 heteroatoms. The standard InChI is InChI=1S/C27H32N6O2S/c1-5-20-15-28-16-25(30-20)33-24-13-17(9-10-18(24)14-29-33)22-7-6-8-23(31-22)26(19-11-21(34)12-19)32-36(35)27(2,3)4/h6-10,13-16,19,21,26,32,34H,5,11-12H2,1-4H3/t19?,21?,26-,36+/m0/s1. The fraction of sp³-hybridized carbons (Fsp3) is 0.407. The van der Waals surface area contributed by atoms with Gasteiger partial charge in [0.1, 0.15) is 4.75 Å². The zero-order chi connectivity index (χ0) is 25.4. The van der Waals surface area contributed by atoms with Crippen molar-refractivity contribution in [1.82, 2.24) is 29.5 Å². The second kappa shape index (κ2) is 9.89. The molecule has 2 N–H and O–H groups in total. The van der Waals surface area contributed by atoms with E-state index in [-0.39, 0.29) is 18.1 Å². The lowest BCUT2D eigenvalue weighted by Gasteiger charge is -2.38. The minimum absolute atomic E-state index is 0.183. The lowest BCUT2D eigenvalue weighted by atomic mass is 9.76. The van der Waals surface area contributed by atoms with Gasteiger partial charge in [-0.2, -0.15) is 5.10 Å². The Labute approximate surface area is 214 Å². The fourth-order valence-electron chi connectivity index (χ4n) is 4.41. The van der Waals surface area contributed by atoms with Crippen LogP contribution in [0, 0.1) is 5.92 Å². The second-order valence-electron chi connectivity index (χ2n) is 10.4. The molecule has 0 bridgehead atoms. The van der Waals surface area contributed by atoms with Crippen LogP contribution in [-0.2, 0) is 17.8 Å². The Kier molecular flexibility index (Phi) is 6.82. The topological polar surface area (TPSA) is 112 Å². The number of aryl methyl sites for hydroxylation is 1. The number of benzene rings is 1. The number of hydrogen-bond donors (Lipinski definition) is 2. The van der Waals surface area contributed by atoms with Crippen LogP contribution in [0.25, 0.3) is 28.0 Å². The van der Waals surface area contributed by atoms with Crippen LogP contribution in [0.5, 0.6) is 0 Å². The molecule has 5 rings (SSSR count). The Morgan fingerprint density at radius 3 is 2.67 bits per heavy atom. The molecule has 1 aliphatic carbocycles. The quantitative estimate of drug-likeness (QED) is 0.361. The maximum absolute atomic E-state index is 13.0. The molecule has 1 fully saturated rings. The third-order valence-electron chi connectivity index (χ3n) is 6.62. The highest BCUT2D eigenvalue weighted by atomic mass is 32.2. The van der Waals surface area contributed by atoms with Gasteiger partial charge in [0.15, 0.2) is 5.82 Å². The van der Waals surface area contributed by atoms with Crippen molar-refractivity contribution in [2.45, 2.75) is 63.9 Å². The molecule has 1 aliphatic rings. The number of fused-ring (bicyclic) bond motifs is 1. The molecule has 0 aliphatic heterocycles. The maximum atomic E-state index is 13.0. The molecule has 0 saturated heterocycles. The van der Waals surface area contributed by atoms with Crippen LogP contribution in [0.15, 0.2) is 55.0 Å². The molecule has 2 atom stereocenters. The van der Waals surface area contributed by atoms with Crippen LogP contribution in [0.4, 0.5) is 0 Å². The summed E-state index contributed by atoms with van der Waals surface area (Å²) in [6.45, 7) is 7.90.